The second-order valence-corrected chi connectivity index (χ2v) is 7.02. The van der Waals surface area contributed by atoms with Crippen LogP contribution in [0.15, 0.2) is 78.9 Å². The third-order valence-corrected chi connectivity index (χ3v) is 4.73. The van der Waals surface area contributed by atoms with Crippen LogP contribution in [0.25, 0.3) is 0 Å². The summed E-state index contributed by atoms with van der Waals surface area (Å²) in [7, 11) is 1.58. The summed E-state index contributed by atoms with van der Waals surface area (Å²) in [6.45, 7) is 0.899. The number of amides is 2. The van der Waals surface area contributed by atoms with Gasteiger partial charge in [0.15, 0.2) is 0 Å². The molecule has 0 radical (unpaired) electrons. The van der Waals surface area contributed by atoms with Crippen molar-refractivity contribution >= 4 is 23.2 Å². The Morgan fingerprint density at radius 1 is 0.839 bits per heavy atom. The van der Waals surface area contributed by atoms with E-state index in [0.29, 0.717) is 24.4 Å². The molecule has 0 aliphatic carbocycles. The molecule has 0 saturated heterocycles. The first-order chi connectivity index (χ1) is 15.2. The number of carbonyl (C=O) groups excluding carboxylic acids is 2. The van der Waals surface area contributed by atoms with Crippen molar-refractivity contribution < 1.29 is 14.3 Å². The topological polar surface area (TPSA) is 79.5 Å². The number of anilines is 2. The summed E-state index contributed by atoms with van der Waals surface area (Å²) in [4.78, 5) is 25.0. The van der Waals surface area contributed by atoms with Crippen molar-refractivity contribution in [3.05, 3.63) is 95.6 Å². The lowest BCUT2D eigenvalue weighted by Crippen LogP contribution is -2.28. The van der Waals surface area contributed by atoms with Crippen LogP contribution in [0.1, 0.15) is 21.5 Å². The van der Waals surface area contributed by atoms with Crippen LogP contribution >= 0.6 is 0 Å². The summed E-state index contributed by atoms with van der Waals surface area (Å²) in [6.07, 6.45) is 0.731. The molecule has 0 atom stereocenters. The molecule has 6 heteroatoms. The van der Waals surface area contributed by atoms with E-state index in [9.17, 15) is 9.59 Å². The largest absolute Gasteiger partial charge is 0.383 e. The molecule has 160 valence electrons. The van der Waals surface area contributed by atoms with Gasteiger partial charge in [-0.15, -0.1) is 0 Å². The first-order valence-corrected chi connectivity index (χ1v) is 10.2. The number of methoxy groups -OCH3 is 1. The molecule has 3 rings (SSSR count). The van der Waals surface area contributed by atoms with Crippen LogP contribution in [-0.4, -0.2) is 38.6 Å². The maximum atomic E-state index is 12.6. The Balaban J connectivity index is 1.61. The fourth-order valence-corrected chi connectivity index (χ4v) is 3.18. The van der Waals surface area contributed by atoms with Crippen molar-refractivity contribution in [2.24, 2.45) is 0 Å². The molecule has 3 aromatic rings. The maximum absolute atomic E-state index is 12.6. The van der Waals surface area contributed by atoms with Gasteiger partial charge in [0, 0.05) is 25.0 Å². The second kappa shape index (κ2) is 11.5. The van der Waals surface area contributed by atoms with E-state index in [4.69, 9.17) is 4.74 Å². The lowest BCUT2D eigenvalue weighted by atomic mass is 10.0. The minimum Gasteiger partial charge on any atom is -0.383 e. The normalized spacial score (nSPS) is 10.4. The Kier molecular flexibility index (Phi) is 8.20. The van der Waals surface area contributed by atoms with E-state index < -0.39 is 0 Å². The van der Waals surface area contributed by atoms with E-state index >= 15 is 0 Å². The summed E-state index contributed by atoms with van der Waals surface area (Å²) >= 11 is 0. The Morgan fingerprint density at radius 3 is 2.29 bits per heavy atom. The lowest BCUT2D eigenvalue weighted by molar-refractivity contribution is -0.114. The fourth-order valence-electron chi connectivity index (χ4n) is 3.18. The summed E-state index contributed by atoms with van der Waals surface area (Å²) < 4.78 is 4.96. The van der Waals surface area contributed by atoms with E-state index in [2.05, 4.69) is 28.1 Å². The Hall–Kier alpha value is -3.64. The molecule has 0 heterocycles. The lowest BCUT2D eigenvalue weighted by Gasteiger charge is -2.14. The molecule has 3 aromatic carbocycles. The molecule has 0 spiro atoms. The van der Waals surface area contributed by atoms with Gasteiger partial charge in [0.2, 0.25) is 5.91 Å². The van der Waals surface area contributed by atoms with Crippen LogP contribution in [0.5, 0.6) is 0 Å². The molecule has 3 N–H and O–H groups in total. The van der Waals surface area contributed by atoms with Gasteiger partial charge in [-0.3, -0.25) is 9.59 Å². The highest BCUT2D eigenvalue weighted by Gasteiger charge is 2.12. The number of ether oxygens (including phenoxy) is 1. The fraction of sp³-hybridized carbons (Fsp3) is 0.200. The molecular formula is C25H27N3O3. The number of hydrogen-bond donors (Lipinski definition) is 3. The highest BCUT2D eigenvalue weighted by atomic mass is 16.5. The number of para-hydroxylation sites is 2. The van der Waals surface area contributed by atoms with Gasteiger partial charge in [-0.1, -0.05) is 60.7 Å². The van der Waals surface area contributed by atoms with Gasteiger partial charge in [-0.2, -0.15) is 0 Å². The van der Waals surface area contributed by atoms with Crippen LogP contribution in [-0.2, 0) is 16.0 Å². The van der Waals surface area contributed by atoms with Crippen LogP contribution in [0.3, 0.4) is 0 Å². The first-order valence-electron chi connectivity index (χ1n) is 10.2. The zero-order valence-electron chi connectivity index (χ0n) is 17.6. The number of nitrogens with one attached hydrogen (secondary N) is 3. The second-order valence-electron chi connectivity index (χ2n) is 7.02. The van der Waals surface area contributed by atoms with Gasteiger partial charge in [0.25, 0.3) is 5.91 Å². The Morgan fingerprint density at radius 2 is 1.52 bits per heavy atom. The standard InChI is InChI=1S/C25H27N3O3/c1-31-16-15-26-25(30)21-12-6-8-14-23(21)27-18-24(29)28-22-13-7-5-11-20(22)17-19-9-3-2-4-10-19/h2-14,27H,15-18H2,1H3,(H,26,30)(H,28,29). The van der Waals surface area contributed by atoms with E-state index in [1.807, 2.05) is 48.5 Å². The minimum atomic E-state index is -0.214. The zero-order chi connectivity index (χ0) is 21.9. The van der Waals surface area contributed by atoms with Crippen molar-refractivity contribution in [2.45, 2.75) is 6.42 Å². The van der Waals surface area contributed by atoms with Crippen molar-refractivity contribution in [2.75, 3.05) is 37.4 Å². The van der Waals surface area contributed by atoms with Crippen molar-refractivity contribution in [3.63, 3.8) is 0 Å². The highest BCUT2D eigenvalue weighted by molar-refractivity contribution is 6.01. The average molecular weight is 418 g/mol. The molecule has 0 saturated carbocycles. The predicted octanol–water partition coefficient (Wildman–Crippen LogP) is 3.70. The van der Waals surface area contributed by atoms with Crippen LogP contribution in [0.4, 0.5) is 11.4 Å². The summed E-state index contributed by atoms with van der Waals surface area (Å²) in [6, 6.07) is 25.0. The smallest absolute Gasteiger partial charge is 0.253 e. The molecule has 0 fully saturated rings. The number of hydrogen-bond acceptors (Lipinski definition) is 4. The monoisotopic (exact) mass is 417 g/mol. The molecule has 0 aliphatic heterocycles. The van der Waals surface area contributed by atoms with E-state index in [1.165, 1.54) is 5.56 Å². The van der Waals surface area contributed by atoms with E-state index in [1.54, 1.807) is 25.3 Å². The molecule has 6 nitrogen and oxygen atoms in total. The quantitative estimate of drug-likeness (QED) is 0.440. The number of carbonyl (C=O) groups is 2. The molecular weight excluding hydrogens is 390 g/mol. The third kappa shape index (κ3) is 6.69. The zero-order valence-corrected chi connectivity index (χ0v) is 17.6. The SMILES string of the molecule is COCCNC(=O)c1ccccc1NCC(=O)Nc1ccccc1Cc1ccccc1. The Labute approximate surface area is 182 Å². The average Bonchev–Trinajstić information content (AvgIpc) is 2.80. The van der Waals surface area contributed by atoms with Gasteiger partial charge in [-0.05, 0) is 35.7 Å². The summed E-state index contributed by atoms with van der Waals surface area (Å²) in [5, 5.41) is 8.84. The van der Waals surface area contributed by atoms with Crippen LogP contribution in [0, 0.1) is 0 Å². The van der Waals surface area contributed by atoms with Crippen LogP contribution in [0.2, 0.25) is 0 Å². The van der Waals surface area contributed by atoms with Gasteiger partial charge in [0.05, 0.1) is 18.7 Å². The summed E-state index contributed by atoms with van der Waals surface area (Å²) in [5.41, 5.74) is 4.08. The first kappa shape index (κ1) is 22.1. The minimum absolute atomic E-state index is 0.0437. The molecule has 0 bridgehead atoms. The van der Waals surface area contributed by atoms with Crippen LogP contribution < -0.4 is 16.0 Å². The van der Waals surface area contributed by atoms with Crippen molar-refractivity contribution in [1.82, 2.24) is 5.32 Å². The van der Waals surface area contributed by atoms with Gasteiger partial charge in [-0.25, -0.2) is 0 Å². The van der Waals surface area contributed by atoms with Gasteiger partial charge < -0.3 is 20.7 Å². The molecule has 0 unspecified atom stereocenters. The summed E-state index contributed by atoms with van der Waals surface area (Å²) in [5.74, 6) is -0.399. The van der Waals surface area contributed by atoms with Gasteiger partial charge >= 0.3 is 0 Å². The van der Waals surface area contributed by atoms with E-state index in [-0.39, 0.29) is 18.4 Å². The van der Waals surface area contributed by atoms with Gasteiger partial charge in [0.1, 0.15) is 0 Å². The molecule has 0 aromatic heterocycles. The number of rotatable bonds is 10. The predicted molar refractivity (Wildman–Crippen MR) is 123 cm³/mol. The molecule has 31 heavy (non-hydrogen) atoms. The van der Waals surface area contributed by atoms with Crippen molar-refractivity contribution in [1.29, 1.82) is 0 Å². The maximum Gasteiger partial charge on any atom is 0.253 e. The number of benzene rings is 3. The Bertz CT molecular complexity index is 1010. The highest BCUT2D eigenvalue weighted by Crippen LogP contribution is 2.19. The third-order valence-electron chi connectivity index (χ3n) is 4.73. The molecule has 0 aliphatic rings. The van der Waals surface area contributed by atoms with Crippen molar-refractivity contribution in [3.8, 4) is 0 Å². The van der Waals surface area contributed by atoms with E-state index in [0.717, 1.165) is 17.7 Å². The molecule has 2 amide bonds.